The van der Waals surface area contributed by atoms with E-state index in [1.165, 1.54) is 0 Å². The van der Waals surface area contributed by atoms with Gasteiger partial charge in [-0.3, -0.25) is 0 Å². The first-order valence-corrected chi connectivity index (χ1v) is 9.34. The molecular weight excluding hydrogens is 473 g/mol. The largest absolute Gasteiger partial charge is 0.494 e. The minimum absolute atomic E-state index is 0.218. The molecule has 0 unspecified atom stereocenters. The van der Waals surface area contributed by atoms with E-state index >= 15 is 0 Å². The van der Waals surface area contributed by atoms with Crippen molar-refractivity contribution in [2.75, 3.05) is 43.7 Å². The van der Waals surface area contributed by atoms with Crippen LogP contribution in [0.5, 0.6) is 5.75 Å². The number of hydrogen-bond acceptors (Lipinski definition) is 7. The standard InChI is InChI=1S/C16H16Br2FN5O2/c1-25-14-11(17)6-10(7-12(14)18)8-21-23-16-20-9-13(19)15(22-16)24-2-4-26-5-3-24/h6-9H,2-5H2,1H3,(H,20,22,23). The summed E-state index contributed by atoms with van der Waals surface area (Å²) in [5.74, 6) is 0.697. The highest BCUT2D eigenvalue weighted by Gasteiger charge is 2.17. The van der Waals surface area contributed by atoms with E-state index in [1.54, 1.807) is 13.3 Å². The van der Waals surface area contributed by atoms with Crippen LogP contribution in [0.2, 0.25) is 0 Å². The summed E-state index contributed by atoms with van der Waals surface area (Å²) in [6.45, 7) is 2.27. The second-order valence-electron chi connectivity index (χ2n) is 5.35. The number of rotatable bonds is 5. The molecule has 1 aromatic heterocycles. The van der Waals surface area contributed by atoms with Gasteiger partial charge in [0.15, 0.2) is 11.6 Å². The lowest BCUT2D eigenvalue weighted by atomic mass is 10.2. The molecule has 0 aliphatic carbocycles. The number of benzene rings is 1. The van der Waals surface area contributed by atoms with Crippen LogP contribution in [0.25, 0.3) is 0 Å². The maximum absolute atomic E-state index is 14.0. The van der Waals surface area contributed by atoms with Crippen LogP contribution in [0, 0.1) is 5.82 Å². The molecule has 2 heterocycles. The molecule has 1 fully saturated rings. The van der Waals surface area contributed by atoms with E-state index in [0.717, 1.165) is 20.7 Å². The lowest BCUT2D eigenvalue weighted by Gasteiger charge is -2.27. The number of nitrogens with one attached hydrogen (secondary N) is 1. The molecule has 1 aromatic carbocycles. The lowest BCUT2D eigenvalue weighted by molar-refractivity contribution is 0.122. The molecule has 0 atom stereocenters. The van der Waals surface area contributed by atoms with Crippen LogP contribution >= 0.6 is 31.9 Å². The minimum atomic E-state index is -0.468. The minimum Gasteiger partial charge on any atom is -0.494 e. The van der Waals surface area contributed by atoms with E-state index in [1.807, 2.05) is 17.0 Å². The number of hydrogen-bond donors (Lipinski definition) is 1. The van der Waals surface area contributed by atoms with Crippen molar-refractivity contribution in [2.45, 2.75) is 0 Å². The monoisotopic (exact) mass is 487 g/mol. The predicted molar refractivity (Wildman–Crippen MR) is 105 cm³/mol. The third-order valence-electron chi connectivity index (χ3n) is 3.64. The van der Waals surface area contributed by atoms with Crippen molar-refractivity contribution in [2.24, 2.45) is 5.10 Å². The van der Waals surface area contributed by atoms with Crippen LogP contribution in [0.15, 0.2) is 32.4 Å². The smallest absolute Gasteiger partial charge is 0.245 e. The topological polar surface area (TPSA) is 71.9 Å². The zero-order chi connectivity index (χ0) is 18.5. The Hall–Kier alpha value is -1.78. The number of halogens is 3. The highest BCUT2D eigenvalue weighted by Crippen LogP contribution is 2.33. The molecule has 10 heteroatoms. The molecule has 0 bridgehead atoms. The summed E-state index contributed by atoms with van der Waals surface area (Å²) in [6, 6.07) is 3.72. The van der Waals surface area contributed by atoms with Gasteiger partial charge in [-0.1, -0.05) is 0 Å². The van der Waals surface area contributed by atoms with Crippen LogP contribution < -0.4 is 15.1 Å². The second-order valence-corrected chi connectivity index (χ2v) is 7.06. The average molecular weight is 489 g/mol. The summed E-state index contributed by atoms with van der Waals surface area (Å²) in [6.07, 6.45) is 2.74. The summed E-state index contributed by atoms with van der Waals surface area (Å²) >= 11 is 6.87. The van der Waals surface area contributed by atoms with Crippen molar-refractivity contribution >= 4 is 49.8 Å². The van der Waals surface area contributed by atoms with Crippen molar-refractivity contribution < 1.29 is 13.9 Å². The van der Waals surface area contributed by atoms with Gasteiger partial charge in [0.1, 0.15) is 5.75 Å². The van der Waals surface area contributed by atoms with Crippen molar-refractivity contribution in [3.05, 3.63) is 38.7 Å². The van der Waals surface area contributed by atoms with Crippen LogP contribution in [-0.2, 0) is 4.74 Å². The molecule has 0 amide bonds. The molecule has 0 saturated carbocycles. The summed E-state index contributed by atoms with van der Waals surface area (Å²) < 4.78 is 26.1. The lowest BCUT2D eigenvalue weighted by Crippen LogP contribution is -2.37. The molecule has 138 valence electrons. The van der Waals surface area contributed by atoms with Gasteiger partial charge in [0, 0.05) is 13.1 Å². The summed E-state index contributed by atoms with van der Waals surface area (Å²) in [4.78, 5) is 9.96. The van der Waals surface area contributed by atoms with Crippen molar-refractivity contribution in [3.8, 4) is 5.75 Å². The average Bonchev–Trinajstić information content (AvgIpc) is 2.64. The fourth-order valence-electron chi connectivity index (χ4n) is 2.42. The fraction of sp³-hybridized carbons (Fsp3) is 0.312. The zero-order valence-electron chi connectivity index (χ0n) is 13.9. The van der Waals surface area contributed by atoms with Gasteiger partial charge in [-0.15, -0.1) is 0 Å². The second kappa shape index (κ2) is 8.74. The predicted octanol–water partition coefficient (Wildman–Crippen LogP) is 3.43. The van der Waals surface area contributed by atoms with Gasteiger partial charge in [-0.2, -0.15) is 10.1 Å². The molecular formula is C16H16Br2FN5O2. The molecule has 1 aliphatic heterocycles. The van der Waals surface area contributed by atoms with E-state index in [-0.39, 0.29) is 11.8 Å². The van der Waals surface area contributed by atoms with E-state index in [4.69, 9.17) is 9.47 Å². The van der Waals surface area contributed by atoms with Gasteiger partial charge in [-0.05, 0) is 49.6 Å². The quantitative estimate of drug-likeness (QED) is 0.513. The fourth-order valence-corrected chi connectivity index (χ4v) is 3.97. The molecule has 1 saturated heterocycles. The van der Waals surface area contributed by atoms with Gasteiger partial charge in [0.05, 0.1) is 41.7 Å². The number of ether oxygens (including phenoxy) is 2. The first-order valence-electron chi connectivity index (χ1n) is 7.76. The normalized spacial score (nSPS) is 14.7. The first kappa shape index (κ1) is 19.0. The van der Waals surface area contributed by atoms with E-state index in [2.05, 4.69) is 52.4 Å². The maximum Gasteiger partial charge on any atom is 0.245 e. The highest BCUT2D eigenvalue weighted by molar-refractivity contribution is 9.11. The molecule has 0 spiro atoms. The first-order chi connectivity index (χ1) is 12.6. The van der Waals surface area contributed by atoms with Gasteiger partial charge < -0.3 is 14.4 Å². The third kappa shape index (κ3) is 4.49. The number of morpholine rings is 1. The van der Waals surface area contributed by atoms with Crippen LogP contribution in [0.3, 0.4) is 0 Å². The molecule has 1 aliphatic rings. The number of anilines is 2. The van der Waals surface area contributed by atoms with Crippen LogP contribution in [0.4, 0.5) is 16.2 Å². The molecule has 3 rings (SSSR count). The van der Waals surface area contributed by atoms with Gasteiger partial charge in [0.2, 0.25) is 5.95 Å². The summed E-state index contributed by atoms with van der Waals surface area (Å²) in [5, 5.41) is 4.12. The SMILES string of the molecule is COc1c(Br)cc(C=NNc2ncc(F)c(N3CCOCC3)n2)cc1Br. The Kier molecular flexibility index (Phi) is 6.38. The van der Waals surface area contributed by atoms with Crippen LogP contribution in [0.1, 0.15) is 5.56 Å². The Morgan fingerprint density at radius 1 is 1.31 bits per heavy atom. The Bertz CT molecular complexity index is 792. The van der Waals surface area contributed by atoms with Crippen LogP contribution in [-0.4, -0.2) is 49.6 Å². The summed E-state index contributed by atoms with van der Waals surface area (Å²) in [5.41, 5.74) is 3.55. The molecule has 1 N–H and O–H groups in total. The number of methoxy groups -OCH3 is 1. The highest BCUT2D eigenvalue weighted by atomic mass is 79.9. The Balaban J connectivity index is 1.72. The third-order valence-corrected chi connectivity index (χ3v) is 4.82. The Morgan fingerprint density at radius 3 is 2.65 bits per heavy atom. The Labute approximate surface area is 166 Å². The maximum atomic E-state index is 14.0. The van der Waals surface area contributed by atoms with Gasteiger partial charge in [-0.25, -0.2) is 14.8 Å². The zero-order valence-corrected chi connectivity index (χ0v) is 17.0. The molecule has 2 aromatic rings. The van der Waals surface area contributed by atoms with Gasteiger partial charge >= 0.3 is 0 Å². The number of nitrogens with zero attached hydrogens (tertiary/aromatic N) is 4. The molecule has 0 radical (unpaired) electrons. The van der Waals surface area contributed by atoms with E-state index < -0.39 is 5.82 Å². The van der Waals surface area contributed by atoms with Crippen molar-refractivity contribution in [1.29, 1.82) is 0 Å². The van der Waals surface area contributed by atoms with E-state index in [9.17, 15) is 4.39 Å². The number of aromatic nitrogens is 2. The van der Waals surface area contributed by atoms with Crippen molar-refractivity contribution in [3.63, 3.8) is 0 Å². The molecule has 26 heavy (non-hydrogen) atoms. The van der Waals surface area contributed by atoms with E-state index in [0.29, 0.717) is 32.1 Å². The Morgan fingerprint density at radius 2 is 2.00 bits per heavy atom. The summed E-state index contributed by atoms with van der Waals surface area (Å²) in [7, 11) is 1.60. The molecule has 7 nitrogen and oxygen atoms in total. The van der Waals surface area contributed by atoms with Gasteiger partial charge in [0.25, 0.3) is 0 Å². The number of hydrazone groups is 1. The van der Waals surface area contributed by atoms with Crippen molar-refractivity contribution in [1.82, 2.24) is 9.97 Å².